The number of hydrazone groups is 1. The first-order valence-electron chi connectivity index (χ1n) is 10.6. The number of hydrogen-bond acceptors (Lipinski definition) is 8. The number of fused-ring (bicyclic) bond motifs is 1. The first-order chi connectivity index (χ1) is 17.2. The van der Waals surface area contributed by atoms with Crippen LogP contribution < -0.4 is 10.9 Å². The smallest absolute Gasteiger partial charge is 0.250 e. The van der Waals surface area contributed by atoms with Gasteiger partial charge in [0.05, 0.1) is 22.9 Å². The van der Waals surface area contributed by atoms with Crippen LogP contribution in [0.4, 0.5) is 0 Å². The topological polar surface area (TPSA) is 115 Å². The lowest BCUT2D eigenvalue weighted by Crippen LogP contribution is -2.20. The molecule has 9 nitrogen and oxygen atoms in total. The molecule has 0 aliphatic heterocycles. The zero-order valence-corrected chi connectivity index (χ0v) is 19.1. The number of pyridine rings is 1. The predicted molar refractivity (Wildman–Crippen MR) is 134 cm³/mol. The van der Waals surface area contributed by atoms with Crippen LogP contribution in [0.5, 0.6) is 0 Å². The van der Waals surface area contributed by atoms with E-state index in [1.54, 1.807) is 36.7 Å². The highest BCUT2D eigenvalue weighted by Gasteiger charge is 2.17. The minimum atomic E-state index is -0.357. The molecular weight excluding hydrogens is 464 g/mol. The van der Waals surface area contributed by atoms with E-state index < -0.39 is 0 Å². The third kappa shape index (κ3) is 4.87. The third-order valence-electron chi connectivity index (χ3n) is 5.02. The third-order valence-corrected chi connectivity index (χ3v) is 5.95. The maximum atomic E-state index is 12.5. The van der Waals surface area contributed by atoms with Gasteiger partial charge in [-0.3, -0.25) is 19.1 Å². The van der Waals surface area contributed by atoms with Crippen LogP contribution >= 0.6 is 11.8 Å². The fourth-order valence-corrected chi connectivity index (χ4v) is 4.12. The second-order valence-corrected chi connectivity index (χ2v) is 8.25. The van der Waals surface area contributed by atoms with Crippen LogP contribution in [0.1, 0.15) is 5.56 Å². The Kier molecular flexibility index (Phi) is 6.44. The Morgan fingerprint density at radius 1 is 1.03 bits per heavy atom. The number of benzene rings is 2. The molecule has 0 fully saturated rings. The van der Waals surface area contributed by atoms with E-state index in [0.717, 1.165) is 11.3 Å². The summed E-state index contributed by atoms with van der Waals surface area (Å²) in [6, 6.07) is 20.3. The van der Waals surface area contributed by atoms with Crippen LogP contribution in [0.25, 0.3) is 28.0 Å². The Hall–Kier alpha value is -4.57. The molecule has 0 radical (unpaired) electrons. The summed E-state index contributed by atoms with van der Waals surface area (Å²) < 4.78 is 7.34. The average Bonchev–Trinajstić information content (AvgIpc) is 3.34. The number of thioether (sulfide) groups is 1. The maximum absolute atomic E-state index is 12.5. The first-order valence-corrected chi connectivity index (χ1v) is 11.6. The van der Waals surface area contributed by atoms with E-state index >= 15 is 0 Å². The van der Waals surface area contributed by atoms with Gasteiger partial charge in [0.2, 0.25) is 5.43 Å². The molecule has 10 heteroatoms. The normalized spacial score (nSPS) is 11.2. The van der Waals surface area contributed by atoms with E-state index in [1.807, 2.05) is 47.0 Å². The molecule has 3 heterocycles. The summed E-state index contributed by atoms with van der Waals surface area (Å²) in [6.07, 6.45) is 5.97. The number of aromatic nitrogens is 4. The number of nitrogens with one attached hydrogen (secondary N) is 1. The standard InChI is InChI=1S/C25H18N6O3S/c32-22(28-27-14-18-15-34-21-9-5-4-8-20(21)23(18)33)16-35-25-30-29-24(17-10-12-26-13-11-17)31(25)19-6-2-1-3-7-19/h1-15H,16H2,(H,28,32)/b27-14+. The Balaban J connectivity index is 1.30. The van der Waals surface area contributed by atoms with Crippen molar-refractivity contribution in [3.05, 3.63) is 101 Å². The molecule has 172 valence electrons. The summed E-state index contributed by atoms with van der Waals surface area (Å²) in [5.74, 6) is 0.331. The molecule has 0 aliphatic carbocycles. The lowest BCUT2D eigenvalue weighted by atomic mass is 10.2. The zero-order chi connectivity index (χ0) is 24.0. The van der Waals surface area contributed by atoms with Gasteiger partial charge in [-0.1, -0.05) is 42.1 Å². The van der Waals surface area contributed by atoms with Gasteiger partial charge in [0.15, 0.2) is 11.0 Å². The summed E-state index contributed by atoms with van der Waals surface area (Å²) in [5.41, 5.74) is 4.66. The molecule has 0 unspecified atom stereocenters. The number of carbonyl (C=O) groups is 1. The van der Waals surface area contributed by atoms with Gasteiger partial charge < -0.3 is 4.42 Å². The molecule has 35 heavy (non-hydrogen) atoms. The van der Waals surface area contributed by atoms with Gasteiger partial charge in [0.25, 0.3) is 5.91 Å². The van der Waals surface area contributed by atoms with Crippen molar-refractivity contribution in [2.75, 3.05) is 5.75 Å². The Labute approximate surface area is 203 Å². The molecule has 5 rings (SSSR count). The zero-order valence-electron chi connectivity index (χ0n) is 18.2. The quantitative estimate of drug-likeness (QED) is 0.214. The van der Waals surface area contributed by atoms with Gasteiger partial charge in [-0.25, -0.2) is 5.43 Å². The maximum Gasteiger partial charge on any atom is 0.250 e. The van der Waals surface area contributed by atoms with Crippen LogP contribution in [0, 0.1) is 0 Å². The number of hydrogen-bond donors (Lipinski definition) is 1. The Bertz CT molecular complexity index is 1570. The predicted octanol–water partition coefficient (Wildman–Crippen LogP) is 3.68. The molecule has 0 bridgehead atoms. The van der Waals surface area contributed by atoms with Crippen LogP contribution in [-0.2, 0) is 4.79 Å². The molecule has 2 aromatic carbocycles. The van der Waals surface area contributed by atoms with Crippen LogP contribution in [0.2, 0.25) is 0 Å². The van der Waals surface area contributed by atoms with Crippen LogP contribution in [0.15, 0.2) is 105 Å². The molecule has 0 saturated carbocycles. The summed E-state index contributed by atoms with van der Waals surface area (Å²) in [5, 5.41) is 13.5. The second kappa shape index (κ2) is 10.1. The van der Waals surface area contributed by atoms with Crippen molar-refractivity contribution in [1.29, 1.82) is 0 Å². The number of para-hydroxylation sites is 2. The van der Waals surface area contributed by atoms with Gasteiger partial charge in [0, 0.05) is 23.6 Å². The van der Waals surface area contributed by atoms with E-state index in [9.17, 15) is 9.59 Å². The highest BCUT2D eigenvalue weighted by atomic mass is 32.2. The van der Waals surface area contributed by atoms with Gasteiger partial charge in [-0.2, -0.15) is 5.10 Å². The van der Waals surface area contributed by atoms with E-state index in [0.29, 0.717) is 22.0 Å². The molecule has 0 spiro atoms. The molecule has 1 amide bonds. The Morgan fingerprint density at radius 3 is 2.63 bits per heavy atom. The molecule has 5 aromatic rings. The number of carbonyl (C=O) groups excluding carboxylic acids is 1. The van der Waals surface area contributed by atoms with E-state index in [4.69, 9.17) is 4.42 Å². The first kappa shape index (κ1) is 22.2. The molecule has 1 N–H and O–H groups in total. The van der Waals surface area contributed by atoms with Crippen LogP contribution in [-0.4, -0.2) is 37.6 Å². The highest BCUT2D eigenvalue weighted by molar-refractivity contribution is 7.99. The highest BCUT2D eigenvalue weighted by Crippen LogP contribution is 2.27. The van der Waals surface area contributed by atoms with Gasteiger partial charge >= 0.3 is 0 Å². The largest absolute Gasteiger partial charge is 0.463 e. The minimum Gasteiger partial charge on any atom is -0.463 e. The lowest BCUT2D eigenvalue weighted by Gasteiger charge is -2.10. The summed E-state index contributed by atoms with van der Waals surface area (Å²) in [6.45, 7) is 0. The van der Waals surface area contributed by atoms with Gasteiger partial charge in [-0.05, 0) is 36.4 Å². The summed E-state index contributed by atoms with van der Waals surface area (Å²) >= 11 is 1.22. The molecular formula is C25H18N6O3S. The van der Waals surface area contributed by atoms with Crippen molar-refractivity contribution in [3.8, 4) is 17.1 Å². The number of rotatable bonds is 7. The molecule has 0 aliphatic rings. The monoisotopic (exact) mass is 482 g/mol. The van der Waals surface area contributed by atoms with Crippen molar-refractivity contribution in [2.45, 2.75) is 5.16 Å². The van der Waals surface area contributed by atoms with Crippen molar-refractivity contribution in [1.82, 2.24) is 25.2 Å². The van der Waals surface area contributed by atoms with Crippen molar-refractivity contribution >= 4 is 34.9 Å². The number of nitrogens with zero attached hydrogens (tertiary/aromatic N) is 5. The van der Waals surface area contributed by atoms with E-state index in [2.05, 4.69) is 25.7 Å². The average molecular weight is 483 g/mol. The second-order valence-electron chi connectivity index (χ2n) is 7.31. The minimum absolute atomic E-state index is 0.0466. The number of amides is 1. The SMILES string of the molecule is O=C(CSc1nnc(-c2ccncc2)n1-c1ccccc1)N/N=C/c1coc2ccccc2c1=O. The van der Waals surface area contributed by atoms with Gasteiger partial charge in [-0.15, -0.1) is 10.2 Å². The van der Waals surface area contributed by atoms with Crippen molar-refractivity contribution in [3.63, 3.8) is 0 Å². The Morgan fingerprint density at radius 2 is 1.80 bits per heavy atom. The summed E-state index contributed by atoms with van der Waals surface area (Å²) in [4.78, 5) is 29.0. The van der Waals surface area contributed by atoms with Crippen LogP contribution in [0.3, 0.4) is 0 Å². The van der Waals surface area contributed by atoms with E-state index in [1.165, 1.54) is 24.2 Å². The van der Waals surface area contributed by atoms with Crippen molar-refractivity contribution in [2.24, 2.45) is 5.10 Å². The van der Waals surface area contributed by atoms with E-state index in [-0.39, 0.29) is 22.7 Å². The summed E-state index contributed by atoms with van der Waals surface area (Å²) in [7, 11) is 0. The fourth-order valence-electron chi connectivity index (χ4n) is 3.38. The van der Waals surface area contributed by atoms with Crippen molar-refractivity contribution < 1.29 is 9.21 Å². The lowest BCUT2D eigenvalue weighted by molar-refractivity contribution is -0.118. The fraction of sp³-hybridized carbons (Fsp3) is 0.0400. The molecule has 0 saturated heterocycles. The molecule has 3 aromatic heterocycles. The molecule has 0 atom stereocenters. The van der Waals surface area contributed by atoms with Gasteiger partial charge in [0.1, 0.15) is 11.8 Å².